The maximum Gasteiger partial charge on any atom is 0.178 e. The molecule has 0 saturated carbocycles. The van der Waals surface area contributed by atoms with Crippen molar-refractivity contribution in [3.05, 3.63) is 143 Å². The Hall–Kier alpha value is -4.30. The number of fused-ring (bicyclic) bond motifs is 6. The molecule has 0 radical (unpaired) electrons. The molecule has 2 aliphatic rings. The summed E-state index contributed by atoms with van der Waals surface area (Å²) in [6, 6.07) is 40.6. The predicted octanol–water partition coefficient (Wildman–Crippen LogP) is 8.26. The summed E-state index contributed by atoms with van der Waals surface area (Å²) in [7, 11) is 0. The highest BCUT2D eigenvalue weighted by Gasteiger charge is 2.48. The number of hydrogen-bond acceptors (Lipinski definition) is 2. The van der Waals surface area contributed by atoms with Crippen molar-refractivity contribution in [1.29, 1.82) is 0 Å². The van der Waals surface area contributed by atoms with E-state index in [1.165, 1.54) is 27.8 Å². The Balaban J connectivity index is 1.58. The zero-order chi connectivity index (χ0) is 22.7. The highest BCUT2D eigenvalue weighted by Crippen LogP contribution is 2.62. The van der Waals surface area contributed by atoms with Crippen LogP contribution in [0.3, 0.4) is 0 Å². The van der Waals surface area contributed by atoms with Crippen LogP contribution < -0.4 is 9.47 Å². The van der Waals surface area contributed by atoms with E-state index in [1.54, 1.807) is 0 Å². The van der Waals surface area contributed by atoms with Gasteiger partial charge in [-0.15, -0.1) is 0 Å². The van der Waals surface area contributed by atoms with Crippen molar-refractivity contribution in [2.75, 3.05) is 0 Å². The summed E-state index contributed by atoms with van der Waals surface area (Å²) in [5, 5.41) is 0. The molecular weight excluding hydrogens is 416 g/mol. The van der Waals surface area contributed by atoms with E-state index in [1.807, 2.05) is 18.2 Å². The Kier molecular flexibility index (Phi) is 4.01. The zero-order valence-electron chi connectivity index (χ0n) is 18.8. The third-order valence-corrected chi connectivity index (χ3v) is 7.07. The lowest BCUT2D eigenvalue weighted by molar-refractivity contribution is 0.360. The minimum Gasteiger partial charge on any atom is -0.449 e. The van der Waals surface area contributed by atoms with Crippen molar-refractivity contribution in [3.63, 3.8) is 0 Å². The molecule has 0 fully saturated rings. The van der Waals surface area contributed by atoms with Crippen molar-refractivity contribution >= 4 is 0 Å². The molecule has 1 aliphatic carbocycles. The summed E-state index contributed by atoms with van der Waals surface area (Å²) in [4.78, 5) is 0. The Morgan fingerprint density at radius 3 is 1.91 bits per heavy atom. The van der Waals surface area contributed by atoms with Crippen molar-refractivity contribution in [2.45, 2.75) is 12.3 Å². The maximum absolute atomic E-state index is 6.60. The molecule has 1 heterocycles. The standard InChI is InChI=1S/C32H22O2/c1-21-16-18-27-29(20-21)34-31-28(33-27)19-17-26-30(31)24-14-8-9-15-25(24)32(26,22-10-4-2-5-11-22)23-12-6-3-7-13-23/h2-20H,1H3. The van der Waals surface area contributed by atoms with Crippen LogP contribution in [0, 0.1) is 6.92 Å². The second kappa shape index (κ2) is 7.10. The Bertz CT molecular complexity index is 1510. The lowest BCUT2D eigenvalue weighted by Crippen LogP contribution is -2.28. The van der Waals surface area contributed by atoms with Gasteiger partial charge in [-0.05, 0) is 58.5 Å². The van der Waals surface area contributed by atoms with Crippen LogP contribution in [0.2, 0.25) is 0 Å². The molecule has 34 heavy (non-hydrogen) atoms. The molecule has 0 atom stereocenters. The van der Waals surface area contributed by atoms with Crippen molar-refractivity contribution < 1.29 is 9.47 Å². The lowest BCUT2D eigenvalue weighted by atomic mass is 9.68. The highest BCUT2D eigenvalue weighted by molar-refractivity contribution is 5.91. The Morgan fingerprint density at radius 1 is 0.529 bits per heavy atom. The summed E-state index contributed by atoms with van der Waals surface area (Å²) in [6.07, 6.45) is 0. The van der Waals surface area contributed by atoms with Gasteiger partial charge in [0.15, 0.2) is 23.0 Å². The highest BCUT2D eigenvalue weighted by atomic mass is 16.6. The molecular formula is C32H22O2. The van der Waals surface area contributed by atoms with Crippen LogP contribution in [0.25, 0.3) is 11.1 Å². The van der Waals surface area contributed by atoms with Gasteiger partial charge in [-0.25, -0.2) is 0 Å². The average Bonchev–Trinajstić information content (AvgIpc) is 3.20. The fourth-order valence-electron chi connectivity index (χ4n) is 5.67. The number of rotatable bonds is 2. The molecule has 5 aromatic rings. The summed E-state index contributed by atoms with van der Waals surface area (Å²) in [5.41, 5.74) is 7.93. The molecule has 162 valence electrons. The van der Waals surface area contributed by atoms with Gasteiger partial charge in [0.2, 0.25) is 0 Å². The Labute approximate surface area is 199 Å². The van der Waals surface area contributed by atoms with Crippen LogP contribution in [0.15, 0.2) is 115 Å². The second-order valence-electron chi connectivity index (χ2n) is 9.00. The van der Waals surface area contributed by atoms with E-state index in [0.717, 1.165) is 34.1 Å². The average molecular weight is 439 g/mol. The van der Waals surface area contributed by atoms with E-state index in [9.17, 15) is 0 Å². The third-order valence-electron chi connectivity index (χ3n) is 7.07. The first-order valence-corrected chi connectivity index (χ1v) is 11.6. The van der Waals surface area contributed by atoms with E-state index >= 15 is 0 Å². The first-order chi connectivity index (χ1) is 16.8. The van der Waals surface area contributed by atoms with Gasteiger partial charge in [0, 0.05) is 5.56 Å². The van der Waals surface area contributed by atoms with Gasteiger partial charge in [-0.2, -0.15) is 0 Å². The van der Waals surface area contributed by atoms with Crippen LogP contribution in [0.4, 0.5) is 0 Å². The SMILES string of the molecule is Cc1ccc2c(c1)Oc1c(ccc3c1-c1ccccc1C3(c1ccccc1)c1ccccc1)O2. The van der Waals surface area contributed by atoms with Crippen molar-refractivity contribution in [2.24, 2.45) is 0 Å². The molecule has 0 N–H and O–H groups in total. The molecule has 0 aromatic heterocycles. The van der Waals surface area contributed by atoms with Gasteiger partial charge in [-0.3, -0.25) is 0 Å². The monoisotopic (exact) mass is 438 g/mol. The molecule has 1 aliphatic heterocycles. The van der Waals surface area contributed by atoms with Crippen LogP contribution in [-0.2, 0) is 5.41 Å². The van der Waals surface area contributed by atoms with E-state index in [4.69, 9.17) is 9.47 Å². The lowest BCUT2D eigenvalue weighted by Gasteiger charge is -2.34. The topological polar surface area (TPSA) is 18.5 Å². The van der Waals surface area contributed by atoms with Gasteiger partial charge in [0.05, 0.1) is 5.41 Å². The largest absolute Gasteiger partial charge is 0.449 e. The van der Waals surface area contributed by atoms with Crippen molar-refractivity contribution in [1.82, 2.24) is 0 Å². The maximum atomic E-state index is 6.60. The van der Waals surface area contributed by atoms with E-state index in [-0.39, 0.29) is 0 Å². The first kappa shape index (κ1) is 19.2. The molecule has 0 spiro atoms. The van der Waals surface area contributed by atoms with Gasteiger partial charge < -0.3 is 9.47 Å². The number of hydrogen-bond donors (Lipinski definition) is 0. The first-order valence-electron chi connectivity index (χ1n) is 11.6. The van der Waals surface area contributed by atoms with E-state index < -0.39 is 5.41 Å². The molecule has 0 saturated heterocycles. The minimum atomic E-state index is -0.445. The molecule has 7 rings (SSSR count). The third kappa shape index (κ3) is 2.51. The number of ether oxygens (including phenoxy) is 2. The van der Waals surface area contributed by atoms with E-state index in [0.29, 0.717) is 0 Å². The Morgan fingerprint density at radius 2 is 1.18 bits per heavy atom. The van der Waals surface area contributed by atoms with Gasteiger partial charge in [0.1, 0.15) is 0 Å². The number of benzene rings is 5. The van der Waals surface area contributed by atoms with Gasteiger partial charge in [0.25, 0.3) is 0 Å². The molecule has 0 amide bonds. The van der Waals surface area contributed by atoms with Crippen LogP contribution in [-0.4, -0.2) is 0 Å². The number of aryl methyl sites for hydroxylation is 1. The molecule has 5 aromatic carbocycles. The summed E-state index contributed by atoms with van der Waals surface area (Å²) < 4.78 is 12.9. The van der Waals surface area contributed by atoms with Gasteiger partial charge >= 0.3 is 0 Å². The summed E-state index contributed by atoms with van der Waals surface area (Å²) >= 11 is 0. The molecule has 2 heteroatoms. The van der Waals surface area contributed by atoms with E-state index in [2.05, 4.69) is 104 Å². The molecule has 0 bridgehead atoms. The quantitative estimate of drug-likeness (QED) is 0.270. The minimum absolute atomic E-state index is 0.445. The zero-order valence-corrected chi connectivity index (χ0v) is 18.8. The summed E-state index contributed by atoms with van der Waals surface area (Å²) in [6.45, 7) is 2.07. The second-order valence-corrected chi connectivity index (χ2v) is 9.00. The van der Waals surface area contributed by atoms with Crippen LogP contribution in [0.5, 0.6) is 23.0 Å². The summed E-state index contributed by atoms with van der Waals surface area (Å²) in [5.74, 6) is 3.05. The fourth-order valence-corrected chi connectivity index (χ4v) is 5.67. The molecule has 2 nitrogen and oxygen atoms in total. The smallest absolute Gasteiger partial charge is 0.178 e. The predicted molar refractivity (Wildman–Crippen MR) is 135 cm³/mol. The van der Waals surface area contributed by atoms with Crippen LogP contribution >= 0.6 is 0 Å². The van der Waals surface area contributed by atoms with Crippen LogP contribution in [0.1, 0.15) is 27.8 Å². The van der Waals surface area contributed by atoms with Gasteiger partial charge in [-0.1, -0.05) is 97.1 Å². The fraction of sp³-hybridized carbons (Fsp3) is 0.0625. The van der Waals surface area contributed by atoms with Crippen molar-refractivity contribution in [3.8, 4) is 34.1 Å². The normalized spacial score (nSPS) is 14.1. The molecule has 0 unspecified atom stereocenters.